The summed E-state index contributed by atoms with van der Waals surface area (Å²) in [7, 11) is 1.77. The van der Waals surface area contributed by atoms with E-state index in [1.54, 1.807) is 7.05 Å². The summed E-state index contributed by atoms with van der Waals surface area (Å²) in [5, 5.41) is 6.67. The zero-order valence-corrected chi connectivity index (χ0v) is 16.2. The van der Waals surface area contributed by atoms with Crippen molar-refractivity contribution in [3.63, 3.8) is 0 Å². The van der Waals surface area contributed by atoms with E-state index in [-0.39, 0.29) is 35.2 Å². The Kier molecular flexibility index (Phi) is 8.83. The molecular weight excluding hydrogens is 408 g/mol. The number of hydrogen-bond acceptors (Lipinski definition) is 2. The maximum Gasteiger partial charge on any atom is 0.191 e. The Morgan fingerprint density at radius 3 is 2.52 bits per heavy atom. The molecule has 2 N–H and O–H groups in total. The first kappa shape index (κ1) is 20.2. The Morgan fingerprint density at radius 2 is 1.96 bits per heavy atom. The molecule has 0 aliphatic heterocycles. The highest BCUT2D eigenvalue weighted by molar-refractivity contribution is 14.0. The second-order valence-electron chi connectivity index (χ2n) is 5.69. The smallest absolute Gasteiger partial charge is 0.191 e. The first-order valence-electron chi connectivity index (χ1n) is 7.98. The van der Waals surface area contributed by atoms with E-state index in [2.05, 4.69) is 15.6 Å². The van der Waals surface area contributed by atoms with E-state index in [0.29, 0.717) is 0 Å². The van der Waals surface area contributed by atoms with Gasteiger partial charge in [0.2, 0.25) is 0 Å². The standard InChI is InChI=1S/C17H26FN3O.HI/c1-3-22-12-4-11-20-16(19-2)21-13-17(9-10-17)14-5-7-15(18)8-6-14;/h5-8H,3-4,9-13H2,1-2H3,(H2,19,20,21);1H. The molecule has 0 bridgehead atoms. The third-order valence-electron chi connectivity index (χ3n) is 4.09. The van der Waals surface area contributed by atoms with E-state index in [1.165, 1.54) is 17.7 Å². The van der Waals surface area contributed by atoms with Crippen LogP contribution in [0.5, 0.6) is 0 Å². The second-order valence-corrected chi connectivity index (χ2v) is 5.69. The lowest BCUT2D eigenvalue weighted by Gasteiger charge is -2.19. The van der Waals surface area contributed by atoms with Crippen LogP contribution in [0.25, 0.3) is 0 Å². The molecular formula is C17H27FIN3O. The van der Waals surface area contributed by atoms with Crippen molar-refractivity contribution in [2.45, 2.75) is 31.6 Å². The molecule has 0 spiro atoms. The third-order valence-corrected chi connectivity index (χ3v) is 4.09. The molecule has 1 aliphatic rings. The van der Waals surface area contributed by atoms with Gasteiger partial charge in [0, 0.05) is 38.8 Å². The van der Waals surface area contributed by atoms with Crippen molar-refractivity contribution < 1.29 is 9.13 Å². The summed E-state index contributed by atoms with van der Waals surface area (Å²) in [4.78, 5) is 4.24. The van der Waals surface area contributed by atoms with Gasteiger partial charge in [-0.3, -0.25) is 4.99 Å². The van der Waals surface area contributed by atoms with Gasteiger partial charge in [-0.1, -0.05) is 12.1 Å². The van der Waals surface area contributed by atoms with E-state index in [9.17, 15) is 4.39 Å². The third kappa shape index (κ3) is 6.25. The summed E-state index contributed by atoms with van der Waals surface area (Å²) >= 11 is 0. The van der Waals surface area contributed by atoms with Gasteiger partial charge in [-0.15, -0.1) is 24.0 Å². The number of aliphatic imine (C=N–C) groups is 1. The SMILES string of the molecule is CCOCCCNC(=NC)NCC1(c2ccc(F)cc2)CC1.I. The normalized spacial score (nSPS) is 15.7. The van der Waals surface area contributed by atoms with E-state index in [4.69, 9.17) is 4.74 Å². The monoisotopic (exact) mass is 435 g/mol. The summed E-state index contributed by atoms with van der Waals surface area (Å²) in [5.41, 5.74) is 1.34. The van der Waals surface area contributed by atoms with Crippen molar-refractivity contribution in [1.29, 1.82) is 0 Å². The van der Waals surface area contributed by atoms with Gasteiger partial charge in [0.25, 0.3) is 0 Å². The minimum Gasteiger partial charge on any atom is -0.382 e. The van der Waals surface area contributed by atoms with Crippen LogP contribution >= 0.6 is 24.0 Å². The molecule has 1 fully saturated rings. The van der Waals surface area contributed by atoms with E-state index in [0.717, 1.165) is 51.5 Å². The maximum absolute atomic E-state index is 13.0. The van der Waals surface area contributed by atoms with Crippen LogP contribution in [0.4, 0.5) is 4.39 Å². The number of nitrogens with one attached hydrogen (secondary N) is 2. The van der Waals surface area contributed by atoms with Gasteiger partial charge in [-0.05, 0) is 43.9 Å². The Morgan fingerprint density at radius 1 is 1.26 bits per heavy atom. The Hall–Kier alpha value is -0.890. The summed E-state index contributed by atoms with van der Waals surface area (Å²) < 4.78 is 18.3. The summed E-state index contributed by atoms with van der Waals surface area (Å²) in [6.07, 6.45) is 3.22. The van der Waals surface area contributed by atoms with Crippen LogP contribution in [0.15, 0.2) is 29.3 Å². The van der Waals surface area contributed by atoms with Crippen LogP contribution < -0.4 is 10.6 Å². The second kappa shape index (κ2) is 10.1. The van der Waals surface area contributed by atoms with Gasteiger partial charge < -0.3 is 15.4 Å². The minimum atomic E-state index is -0.181. The number of guanidine groups is 1. The van der Waals surface area contributed by atoms with Crippen molar-refractivity contribution in [3.05, 3.63) is 35.6 Å². The maximum atomic E-state index is 13.0. The quantitative estimate of drug-likeness (QED) is 0.286. The average molecular weight is 435 g/mol. The van der Waals surface area contributed by atoms with Crippen LogP contribution in [0, 0.1) is 5.82 Å². The molecule has 0 unspecified atom stereocenters. The number of nitrogens with zero attached hydrogens (tertiary/aromatic N) is 1. The van der Waals surface area contributed by atoms with Crippen LogP contribution in [0.2, 0.25) is 0 Å². The van der Waals surface area contributed by atoms with Gasteiger partial charge >= 0.3 is 0 Å². The molecule has 1 saturated carbocycles. The van der Waals surface area contributed by atoms with Crippen LogP contribution in [-0.4, -0.2) is 39.3 Å². The summed E-state index contributed by atoms with van der Waals surface area (Å²) in [6, 6.07) is 6.86. The molecule has 0 amide bonds. The predicted octanol–water partition coefficient (Wildman–Crippen LogP) is 3.07. The fraction of sp³-hybridized carbons (Fsp3) is 0.588. The van der Waals surface area contributed by atoms with Gasteiger partial charge in [-0.25, -0.2) is 4.39 Å². The van der Waals surface area contributed by atoms with Gasteiger partial charge in [-0.2, -0.15) is 0 Å². The van der Waals surface area contributed by atoms with Gasteiger partial charge in [0.1, 0.15) is 5.82 Å². The molecule has 1 aromatic carbocycles. The van der Waals surface area contributed by atoms with Crippen molar-refractivity contribution in [2.24, 2.45) is 4.99 Å². The lowest BCUT2D eigenvalue weighted by atomic mass is 9.96. The van der Waals surface area contributed by atoms with E-state index < -0.39 is 0 Å². The van der Waals surface area contributed by atoms with Crippen LogP contribution in [0.1, 0.15) is 31.7 Å². The minimum absolute atomic E-state index is 0. The fourth-order valence-corrected chi connectivity index (χ4v) is 2.52. The van der Waals surface area contributed by atoms with Gasteiger partial charge in [0.15, 0.2) is 5.96 Å². The summed E-state index contributed by atoms with van der Waals surface area (Å²) in [5.74, 6) is 0.629. The Labute approximate surface area is 155 Å². The molecule has 23 heavy (non-hydrogen) atoms. The largest absolute Gasteiger partial charge is 0.382 e. The first-order valence-corrected chi connectivity index (χ1v) is 7.98. The van der Waals surface area contributed by atoms with Crippen LogP contribution in [-0.2, 0) is 10.2 Å². The average Bonchev–Trinajstić information content (AvgIpc) is 3.32. The Balaban J connectivity index is 0.00000264. The van der Waals surface area contributed by atoms with E-state index in [1.807, 2.05) is 19.1 Å². The number of hydrogen-bond donors (Lipinski definition) is 2. The number of halogens is 2. The molecule has 1 aromatic rings. The van der Waals surface area contributed by atoms with Crippen molar-refractivity contribution in [1.82, 2.24) is 10.6 Å². The molecule has 130 valence electrons. The Bertz CT molecular complexity index is 489. The molecule has 1 aliphatic carbocycles. The molecule has 0 atom stereocenters. The topological polar surface area (TPSA) is 45.6 Å². The molecule has 4 nitrogen and oxygen atoms in total. The van der Waals surface area contributed by atoms with Crippen LogP contribution in [0.3, 0.4) is 0 Å². The lowest BCUT2D eigenvalue weighted by Crippen LogP contribution is -2.41. The molecule has 0 heterocycles. The van der Waals surface area contributed by atoms with Crippen molar-refractivity contribution >= 4 is 29.9 Å². The van der Waals surface area contributed by atoms with Crippen molar-refractivity contribution in [2.75, 3.05) is 33.4 Å². The highest BCUT2D eigenvalue weighted by Gasteiger charge is 2.44. The highest BCUT2D eigenvalue weighted by atomic mass is 127. The first-order chi connectivity index (χ1) is 10.7. The molecule has 0 saturated heterocycles. The fourth-order valence-electron chi connectivity index (χ4n) is 2.52. The lowest BCUT2D eigenvalue weighted by molar-refractivity contribution is 0.145. The number of ether oxygens (including phenoxy) is 1. The molecule has 0 aromatic heterocycles. The molecule has 6 heteroatoms. The number of rotatable bonds is 8. The molecule has 2 rings (SSSR count). The highest BCUT2D eigenvalue weighted by Crippen LogP contribution is 2.47. The predicted molar refractivity (Wildman–Crippen MR) is 103 cm³/mol. The van der Waals surface area contributed by atoms with Gasteiger partial charge in [0.05, 0.1) is 0 Å². The van der Waals surface area contributed by atoms with E-state index >= 15 is 0 Å². The molecule has 0 radical (unpaired) electrons. The van der Waals surface area contributed by atoms with Crippen molar-refractivity contribution in [3.8, 4) is 0 Å². The number of benzene rings is 1. The summed E-state index contributed by atoms with van der Waals surface area (Å²) in [6.45, 7) is 5.18. The zero-order chi connectivity index (χ0) is 15.8. The zero-order valence-electron chi connectivity index (χ0n) is 13.9.